The number of aliphatic hydroxyl groups excluding tert-OH is 1. The van der Waals surface area contributed by atoms with E-state index in [4.69, 9.17) is 10.5 Å². The van der Waals surface area contributed by atoms with Crippen LogP contribution < -0.4 is 10.5 Å². The lowest BCUT2D eigenvalue weighted by Crippen LogP contribution is -2.31. The van der Waals surface area contributed by atoms with E-state index >= 15 is 0 Å². The maximum atomic E-state index is 9.18. The molecule has 4 heteroatoms. The molecule has 0 aliphatic carbocycles. The van der Waals surface area contributed by atoms with Gasteiger partial charge < -0.3 is 15.6 Å². The van der Waals surface area contributed by atoms with Crippen molar-refractivity contribution in [2.24, 2.45) is 5.73 Å². The number of hydrogen-bond donors (Lipinski definition) is 2. The minimum Gasteiger partial charge on any atom is -0.497 e. The van der Waals surface area contributed by atoms with Gasteiger partial charge in [-0.3, -0.25) is 4.90 Å². The number of likely N-dealkylation sites (N-methyl/N-ethyl adjacent to an activating group) is 1. The Hall–Kier alpha value is -1.54. The highest BCUT2D eigenvalue weighted by atomic mass is 16.5. The second-order valence-corrected chi connectivity index (χ2v) is 4.48. The smallest absolute Gasteiger partial charge is 0.119 e. The average Bonchev–Trinajstić information content (AvgIpc) is 2.44. The maximum Gasteiger partial charge on any atom is 0.119 e. The van der Waals surface area contributed by atoms with Crippen LogP contribution in [0.1, 0.15) is 18.1 Å². The lowest BCUT2D eigenvalue weighted by atomic mass is 10.1. The molecular formula is C15H22N2O2. The fraction of sp³-hybridized carbons (Fsp3) is 0.467. The first-order chi connectivity index (χ1) is 9.12. The van der Waals surface area contributed by atoms with Crippen LogP contribution in [-0.2, 0) is 6.54 Å². The van der Waals surface area contributed by atoms with Crippen LogP contribution in [0, 0.1) is 11.8 Å². The van der Waals surface area contributed by atoms with E-state index in [-0.39, 0.29) is 12.6 Å². The summed E-state index contributed by atoms with van der Waals surface area (Å²) in [6.45, 7) is 3.15. The van der Waals surface area contributed by atoms with E-state index in [9.17, 15) is 5.11 Å². The number of methoxy groups -OCH3 is 1. The molecule has 0 radical (unpaired) electrons. The summed E-state index contributed by atoms with van der Waals surface area (Å²) in [5.41, 5.74) is 7.43. The lowest BCUT2D eigenvalue weighted by molar-refractivity contribution is 0.154. The van der Waals surface area contributed by atoms with Crippen LogP contribution >= 0.6 is 0 Å². The Bertz CT molecular complexity index is 463. The van der Waals surface area contributed by atoms with E-state index in [1.54, 1.807) is 7.11 Å². The van der Waals surface area contributed by atoms with E-state index in [0.717, 1.165) is 16.9 Å². The summed E-state index contributed by atoms with van der Waals surface area (Å²) in [5.74, 6) is 6.74. The van der Waals surface area contributed by atoms with E-state index in [1.165, 1.54) is 0 Å². The molecule has 0 amide bonds. The number of nitrogens with two attached hydrogens (primary N) is 1. The first kappa shape index (κ1) is 15.5. The minimum absolute atomic E-state index is 0.0986. The number of hydrogen-bond acceptors (Lipinski definition) is 4. The summed E-state index contributed by atoms with van der Waals surface area (Å²) >= 11 is 0. The maximum absolute atomic E-state index is 9.18. The van der Waals surface area contributed by atoms with Gasteiger partial charge in [0.05, 0.1) is 20.3 Å². The van der Waals surface area contributed by atoms with Crippen LogP contribution in [0.5, 0.6) is 5.75 Å². The molecule has 0 bridgehead atoms. The Morgan fingerprint density at radius 2 is 2.21 bits per heavy atom. The predicted octanol–water partition coefficient (Wildman–Crippen LogP) is 0.818. The van der Waals surface area contributed by atoms with Gasteiger partial charge in [0.25, 0.3) is 0 Å². The fourth-order valence-electron chi connectivity index (χ4n) is 1.66. The van der Waals surface area contributed by atoms with Crippen LogP contribution in [0.4, 0.5) is 0 Å². The second kappa shape index (κ2) is 7.80. The van der Waals surface area contributed by atoms with Crippen molar-refractivity contribution < 1.29 is 9.84 Å². The molecule has 0 saturated carbocycles. The normalized spacial score (nSPS) is 11.9. The fourth-order valence-corrected chi connectivity index (χ4v) is 1.66. The van der Waals surface area contributed by atoms with Gasteiger partial charge in [0.2, 0.25) is 0 Å². The van der Waals surface area contributed by atoms with Gasteiger partial charge in [0.15, 0.2) is 0 Å². The van der Waals surface area contributed by atoms with Crippen LogP contribution in [0.25, 0.3) is 0 Å². The molecule has 4 nitrogen and oxygen atoms in total. The summed E-state index contributed by atoms with van der Waals surface area (Å²) in [5, 5.41) is 9.18. The number of ether oxygens (including phenoxy) is 1. The van der Waals surface area contributed by atoms with Crippen molar-refractivity contribution in [2.45, 2.75) is 19.5 Å². The molecule has 1 atom stereocenters. The topological polar surface area (TPSA) is 58.7 Å². The molecule has 1 aromatic carbocycles. The van der Waals surface area contributed by atoms with E-state index in [0.29, 0.717) is 13.1 Å². The Morgan fingerprint density at radius 3 is 2.79 bits per heavy atom. The van der Waals surface area contributed by atoms with Gasteiger partial charge >= 0.3 is 0 Å². The molecule has 0 aliphatic rings. The van der Waals surface area contributed by atoms with Gasteiger partial charge in [0.1, 0.15) is 5.75 Å². The third-order valence-electron chi connectivity index (χ3n) is 3.07. The summed E-state index contributed by atoms with van der Waals surface area (Å²) in [7, 11) is 3.62. The standard InChI is InChI=1S/C15H22N2O2/c1-12(11-18)17(2)10-14-9-15(19-3)7-6-13(14)5-4-8-16/h6-7,9,12,18H,8,10-11,16H2,1-3H3. The molecule has 1 aromatic rings. The van der Waals surface area contributed by atoms with Crippen LogP contribution in [-0.4, -0.2) is 43.4 Å². The molecule has 0 heterocycles. The zero-order valence-electron chi connectivity index (χ0n) is 11.8. The van der Waals surface area contributed by atoms with Gasteiger partial charge in [-0.25, -0.2) is 0 Å². The van der Waals surface area contributed by atoms with Gasteiger partial charge in [-0.15, -0.1) is 0 Å². The van der Waals surface area contributed by atoms with Crippen molar-refractivity contribution in [2.75, 3.05) is 27.3 Å². The van der Waals surface area contributed by atoms with Crippen molar-refractivity contribution in [1.82, 2.24) is 4.90 Å². The summed E-state index contributed by atoms with van der Waals surface area (Å²) in [6, 6.07) is 5.90. The zero-order valence-corrected chi connectivity index (χ0v) is 11.8. The summed E-state index contributed by atoms with van der Waals surface area (Å²) in [4.78, 5) is 2.07. The largest absolute Gasteiger partial charge is 0.497 e. The van der Waals surface area contributed by atoms with Crippen molar-refractivity contribution in [3.8, 4) is 17.6 Å². The lowest BCUT2D eigenvalue weighted by Gasteiger charge is -2.23. The van der Waals surface area contributed by atoms with Crippen LogP contribution in [0.3, 0.4) is 0 Å². The van der Waals surface area contributed by atoms with E-state index in [1.807, 2.05) is 32.2 Å². The van der Waals surface area contributed by atoms with Gasteiger partial charge in [-0.2, -0.15) is 0 Å². The zero-order chi connectivity index (χ0) is 14.3. The Kier molecular flexibility index (Phi) is 6.37. The van der Waals surface area contributed by atoms with Crippen molar-refractivity contribution in [3.63, 3.8) is 0 Å². The Morgan fingerprint density at radius 1 is 1.47 bits per heavy atom. The molecular weight excluding hydrogens is 240 g/mol. The molecule has 0 aliphatic heterocycles. The second-order valence-electron chi connectivity index (χ2n) is 4.48. The third kappa shape index (κ3) is 4.56. The number of rotatable bonds is 5. The monoisotopic (exact) mass is 262 g/mol. The highest BCUT2D eigenvalue weighted by Gasteiger charge is 2.11. The Balaban J connectivity index is 3.00. The van der Waals surface area contributed by atoms with Crippen LogP contribution in [0.2, 0.25) is 0 Å². The molecule has 104 valence electrons. The van der Waals surface area contributed by atoms with Gasteiger partial charge in [0, 0.05) is 18.2 Å². The number of benzene rings is 1. The van der Waals surface area contributed by atoms with Gasteiger partial charge in [-0.05, 0) is 37.7 Å². The third-order valence-corrected chi connectivity index (χ3v) is 3.07. The minimum atomic E-state index is 0.0986. The SMILES string of the molecule is COc1ccc(C#CCN)c(CN(C)C(C)CO)c1. The summed E-state index contributed by atoms with van der Waals surface area (Å²) in [6.07, 6.45) is 0. The highest BCUT2D eigenvalue weighted by Crippen LogP contribution is 2.19. The highest BCUT2D eigenvalue weighted by molar-refractivity contribution is 5.45. The molecule has 3 N–H and O–H groups in total. The predicted molar refractivity (Wildman–Crippen MR) is 76.9 cm³/mol. The molecule has 0 spiro atoms. The Labute approximate surface area is 115 Å². The molecule has 0 aromatic heterocycles. The number of nitrogens with zero attached hydrogens (tertiary/aromatic N) is 1. The first-order valence-electron chi connectivity index (χ1n) is 6.29. The van der Waals surface area contributed by atoms with Gasteiger partial charge in [-0.1, -0.05) is 11.8 Å². The number of aliphatic hydroxyl groups is 1. The first-order valence-corrected chi connectivity index (χ1v) is 6.29. The van der Waals surface area contributed by atoms with E-state index in [2.05, 4.69) is 16.7 Å². The molecule has 1 rings (SSSR count). The quantitative estimate of drug-likeness (QED) is 0.771. The molecule has 0 saturated heterocycles. The van der Waals surface area contributed by atoms with E-state index < -0.39 is 0 Å². The van der Waals surface area contributed by atoms with Crippen molar-refractivity contribution in [3.05, 3.63) is 29.3 Å². The summed E-state index contributed by atoms with van der Waals surface area (Å²) < 4.78 is 5.24. The molecule has 0 fully saturated rings. The van der Waals surface area contributed by atoms with Crippen molar-refractivity contribution >= 4 is 0 Å². The van der Waals surface area contributed by atoms with Crippen LogP contribution in [0.15, 0.2) is 18.2 Å². The molecule has 1 unspecified atom stereocenters. The average molecular weight is 262 g/mol. The van der Waals surface area contributed by atoms with Crippen molar-refractivity contribution in [1.29, 1.82) is 0 Å². The molecule has 19 heavy (non-hydrogen) atoms.